The molecule has 0 spiro atoms. The van der Waals surface area contributed by atoms with Crippen LogP contribution in [0.2, 0.25) is 0 Å². The molecule has 0 unspecified atom stereocenters. The number of nitrogens with two attached hydrogens (primary N) is 1. The van der Waals surface area contributed by atoms with Crippen molar-refractivity contribution in [1.29, 1.82) is 0 Å². The normalized spacial score (nSPS) is 11.8. The van der Waals surface area contributed by atoms with E-state index < -0.39 is 22.8 Å². The van der Waals surface area contributed by atoms with Crippen molar-refractivity contribution in [3.8, 4) is 0 Å². The lowest BCUT2D eigenvalue weighted by molar-refractivity contribution is -0.384. The Morgan fingerprint density at radius 2 is 1.88 bits per heavy atom. The molecule has 3 N–H and O–H groups in total. The number of nitrogens with one attached hydrogen (secondary N) is 1. The van der Waals surface area contributed by atoms with E-state index >= 15 is 0 Å². The number of rotatable bonds is 7. The second-order valence-corrected chi connectivity index (χ2v) is 5.28. The summed E-state index contributed by atoms with van der Waals surface area (Å²) in [6.45, 7) is 0. The summed E-state index contributed by atoms with van der Waals surface area (Å²) in [6, 6.07) is 13.8. The van der Waals surface area contributed by atoms with E-state index in [0.29, 0.717) is 0 Å². The first-order valence-corrected chi connectivity index (χ1v) is 7.53. The van der Waals surface area contributed by atoms with Gasteiger partial charge in [-0.15, -0.1) is 0 Å². The topological polar surface area (TPSA) is 115 Å². The third-order valence-electron chi connectivity index (χ3n) is 3.45. The van der Waals surface area contributed by atoms with Crippen molar-refractivity contribution in [2.75, 3.05) is 0 Å². The third kappa shape index (κ3) is 5.28. The van der Waals surface area contributed by atoms with Gasteiger partial charge < -0.3 is 11.1 Å². The Morgan fingerprint density at radius 1 is 1.16 bits per heavy atom. The molecule has 128 valence electrons. The van der Waals surface area contributed by atoms with Crippen LogP contribution in [0, 0.1) is 10.1 Å². The molecule has 0 aliphatic rings. The monoisotopic (exact) mass is 339 g/mol. The fraction of sp³-hybridized carbons (Fsp3) is 0.111. The Morgan fingerprint density at radius 3 is 2.52 bits per heavy atom. The maximum atomic E-state index is 12.2. The predicted octanol–water partition coefficient (Wildman–Crippen LogP) is 2.28. The van der Waals surface area contributed by atoms with E-state index in [1.807, 2.05) is 36.4 Å². The number of hydrogen-bond donors (Lipinski definition) is 2. The van der Waals surface area contributed by atoms with Gasteiger partial charge in [-0.1, -0.05) is 48.6 Å². The van der Waals surface area contributed by atoms with Crippen LogP contribution >= 0.6 is 0 Å². The summed E-state index contributed by atoms with van der Waals surface area (Å²) in [7, 11) is 0. The molecule has 0 radical (unpaired) electrons. The van der Waals surface area contributed by atoms with E-state index in [2.05, 4.69) is 5.32 Å². The van der Waals surface area contributed by atoms with Gasteiger partial charge in [-0.2, -0.15) is 0 Å². The highest BCUT2D eigenvalue weighted by Crippen LogP contribution is 2.13. The summed E-state index contributed by atoms with van der Waals surface area (Å²) in [4.78, 5) is 33.9. The minimum absolute atomic E-state index is 0.0903. The molecule has 2 aromatic carbocycles. The fourth-order valence-corrected chi connectivity index (χ4v) is 2.15. The first-order valence-electron chi connectivity index (χ1n) is 7.53. The third-order valence-corrected chi connectivity index (χ3v) is 3.45. The first-order chi connectivity index (χ1) is 12.0. The van der Waals surface area contributed by atoms with Crippen LogP contribution < -0.4 is 11.1 Å². The highest BCUT2D eigenvalue weighted by Gasteiger charge is 2.19. The van der Waals surface area contributed by atoms with Gasteiger partial charge in [0.25, 0.3) is 11.6 Å². The quantitative estimate of drug-likeness (QED) is 0.594. The molecule has 0 saturated carbocycles. The molecule has 0 bridgehead atoms. The average molecular weight is 339 g/mol. The van der Waals surface area contributed by atoms with Crippen molar-refractivity contribution in [3.05, 3.63) is 81.9 Å². The highest BCUT2D eigenvalue weighted by atomic mass is 16.6. The molecule has 0 aliphatic carbocycles. The Hall–Kier alpha value is -3.48. The van der Waals surface area contributed by atoms with Gasteiger partial charge in [-0.05, 0) is 18.1 Å². The number of nitro groups is 1. The Labute approximate surface area is 144 Å². The van der Waals surface area contributed by atoms with Crippen molar-refractivity contribution in [2.24, 2.45) is 5.73 Å². The average Bonchev–Trinajstić information content (AvgIpc) is 2.61. The Bertz CT molecular complexity index is 803. The van der Waals surface area contributed by atoms with E-state index in [1.54, 1.807) is 6.08 Å². The van der Waals surface area contributed by atoms with Crippen LogP contribution in [0.5, 0.6) is 0 Å². The summed E-state index contributed by atoms with van der Waals surface area (Å²) in [6.07, 6.45) is 3.76. The zero-order valence-electron chi connectivity index (χ0n) is 13.3. The lowest BCUT2D eigenvalue weighted by Crippen LogP contribution is -2.44. The molecule has 0 aromatic heterocycles. The van der Waals surface area contributed by atoms with Crippen LogP contribution in [0.1, 0.15) is 22.3 Å². The number of carbonyl (C=O) groups is 2. The minimum Gasteiger partial charge on any atom is -0.368 e. The Kier molecular flexibility index (Phi) is 6.00. The van der Waals surface area contributed by atoms with E-state index in [0.717, 1.165) is 11.6 Å². The van der Waals surface area contributed by atoms with Gasteiger partial charge in [0.1, 0.15) is 6.04 Å². The fourth-order valence-electron chi connectivity index (χ4n) is 2.15. The van der Waals surface area contributed by atoms with Crippen molar-refractivity contribution in [2.45, 2.75) is 12.5 Å². The second-order valence-electron chi connectivity index (χ2n) is 5.28. The summed E-state index contributed by atoms with van der Waals surface area (Å²) < 4.78 is 0. The lowest BCUT2D eigenvalue weighted by atomic mass is 10.1. The van der Waals surface area contributed by atoms with Crippen LogP contribution in [0.4, 0.5) is 5.69 Å². The van der Waals surface area contributed by atoms with Gasteiger partial charge >= 0.3 is 0 Å². The molecule has 1 atom stereocenters. The molecule has 25 heavy (non-hydrogen) atoms. The van der Waals surface area contributed by atoms with E-state index in [4.69, 9.17) is 5.73 Å². The van der Waals surface area contributed by atoms with Crippen LogP contribution in [-0.2, 0) is 4.79 Å². The zero-order valence-corrected chi connectivity index (χ0v) is 13.3. The summed E-state index contributed by atoms with van der Waals surface area (Å²) in [5, 5.41) is 13.3. The van der Waals surface area contributed by atoms with Gasteiger partial charge in [-0.25, -0.2) is 0 Å². The molecule has 2 aromatic rings. The maximum Gasteiger partial charge on any atom is 0.270 e. The van der Waals surface area contributed by atoms with Crippen molar-refractivity contribution in [1.82, 2.24) is 5.32 Å². The lowest BCUT2D eigenvalue weighted by Gasteiger charge is -2.13. The van der Waals surface area contributed by atoms with Crippen molar-refractivity contribution in [3.63, 3.8) is 0 Å². The molecule has 2 amide bonds. The van der Waals surface area contributed by atoms with Gasteiger partial charge in [0.15, 0.2) is 0 Å². The molecular formula is C18H17N3O4. The molecule has 2 rings (SSSR count). The SMILES string of the molecule is NC(=O)[C@H](C/C=C/c1ccccc1)NC(=O)c1cccc([N+](=O)[O-])c1. The number of hydrogen-bond acceptors (Lipinski definition) is 4. The maximum absolute atomic E-state index is 12.2. The molecular weight excluding hydrogens is 322 g/mol. The first kappa shape index (κ1) is 17.9. The number of nitro benzene ring substituents is 1. The van der Waals surface area contributed by atoms with Crippen LogP contribution in [0.3, 0.4) is 0 Å². The standard InChI is InChI=1S/C18H17N3O4/c19-17(22)16(11-4-8-13-6-2-1-3-7-13)20-18(23)14-9-5-10-15(12-14)21(24)25/h1-10,12,16H,11H2,(H2,19,22)(H,20,23)/b8-4+/t16-/m0/s1. The van der Waals surface area contributed by atoms with E-state index in [9.17, 15) is 19.7 Å². The van der Waals surface area contributed by atoms with Gasteiger partial charge in [-0.3, -0.25) is 19.7 Å². The number of non-ortho nitro benzene ring substituents is 1. The van der Waals surface area contributed by atoms with Crippen molar-refractivity contribution >= 4 is 23.6 Å². The van der Waals surface area contributed by atoms with E-state index in [-0.39, 0.29) is 17.7 Å². The van der Waals surface area contributed by atoms with Crippen LogP contribution in [0.25, 0.3) is 6.08 Å². The smallest absolute Gasteiger partial charge is 0.270 e. The van der Waals surface area contributed by atoms with Crippen LogP contribution in [0.15, 0.2) is 60.7 Å². The van der Waals surface area contributed by atoms with Gasteiger partial charge in [0.05, 0.1) is 4.92 Å². The molecule has 7 nitrogen and oxygen atoms in total. The van der Waals surface area contributed by atoms with Crippen molar-refractivity contribution < 1.29 is 14.5 Å². The molecule has 0 heterocycles. The Balaban J connectivity index is 2.04. The molecule has 0 fully saturated rings. The molecule has 0 aliphatic heterocycles. The summed E-state index contributed by atoms with van der Waals surface area (Å²) in [5.74, 6) is -1.28. The number of carbonyl (C=O) groups excluding carboxylic acids is 2. The number of amides is 2. The number of nitrogens with zero attached hydrogens (tertiary/aromatic N) is 1. The number of primary amides is 1. The predicted molar refractivity (Wildman–Crippen MR) is 93.6 cm³/mol. The minimum atomic E-state index is -0.910. The molecule has 7 heteroatoms. The second kappa shape index (κ2) is 8.39. The summed E-state index contributed by atoms with van der Waals surface area (Å²) >= 11 is 0. The van der Waals surface area contributed by atoms with Gasteiger partial charge in [0.2, 0.25) is 5.91 Å². The molecule has 0 saturated heterocycles. The van der Waals surface area contributed by atoms with E-state index in [1.165, 1.54) is 18.2 Å². The largest absolute Gasteiger partial charge is 0.368 e. The van der Waals surface area contributed by atoms with Gasteiger partial charge in [0, 0.05) is 17.7 Å². The highest BCUT2D eigenvalue weighted by molar-refractivity contribution is 5.97. The van der Waals surface area contributed by atoms with Crippen LogP contribution in [-0.4, -0.2) is 22.8 Å². The number of benzene rings is 2. The zero-order chi connectivity index (χ0) is 18.2. The summed E-state index contributed by atoms with van der Waals surface area (Å²) in [5.41, 5.74) is 6.17.